The van der Waals surface area contributed by atoms with Crippen LogP contribution in [-0.4, -0.2) is 42.3 Å². The van der Waals surface area contributed by atoms with Crippen LogP contribution in [0.5, 0.6) is 0 Å². The van der Waals surface area contributed by atoms with Crippen LogP contribution in [0.25, 0.3) is 0 Å². The highest BCUT2D eigenvalue weighted by Gasteiger charge is 2.37. The van der Waals surface area contributed by atoms with Crippen molar-refractivity contribution in [3.05, 3.63) is 0 Å². The van der Waals surface area contributed by atoms with Crippen LogP contribution in [0.2, 0.25) is 0 Å². The summed E-state index contributed by atoms with van der Waals surface area (Å²) in [6.07, 6.45) is 2.97. The average molecular weight is 186 g/mol. The summed E-state index contributed by atoms with van der Waals surface area (Å²) in [5.74, 6) is 0.259. The summed E-state index contributed by atoms with van der Waals surface area (Å²) >= 11 is 0. The van der Waals surface area contributed by atoms with Gasteiger partial charge in [0.2, 0.25) is 0 Å². The van der Waals surface area contributed by atoms with Crippen molar-refractivity contribution in [2.45, 2.75) is 31.8 Å². The lowest BCUT2D eigenvalue weighted by atomic mass is 9.79. The standard InChI is InChI=1S/C10H22N2O/c1-3-9(7-11)10(13)5-4-6-12(2)8-10/h9,13H,3-8,11H2,1-2H3. The smallest absolute Gasteiger partial charge is 0.0814 e. The van der Waals surface area contributed by atoms with Gasteiger partial charge in [-0.25, -0.2) is 0 Å². The van der Waals surface area contributed by atoms with Gasteiger partial charge < -0.3 is 15.7 Å². The molecule has 1 heterocycles. The Morgan fingerprint density at radius 2 is 2.31 bits per heavy atom. The van der Waals surface area contributed by atoms with Gasteiger partial charge in [-0.15, -0.1) is 0 Å². The lowest BCUT2D eigenvalue weighted by Crippen LogP contribution is -2.53. The summed E-state index contributed by atoms with van der Waals surface area (Å²) < 4.78 is 0. The van der Waals surface area contributed by atoms with E-state index in [0.717, 1.165) is 32.4 Å². The molecule has 1 saturated heterocycles. The zero-order valence-electron chi connectivity index (χ0n) is 8.79. The zero-order valence-corrected chi connectivity index (χ0v) is 8.79. The molecule has 0 aromatic carbocycles. The van der Waals surface area contributed by atoms with Crippen LogP contribution in [0, 0.1) is 5.92 Å². The summed E-state index contributed by atoms with van der Waals surface area (Å²) in [4.78, 5) is 2.20. The van der Waals surface area contributed by atoms with Gasteiger partial charge in [-0.05, 0) is 39.4 Å². The Labute approximate surface area is 80.9 Å². The summed E-state index contributed by atoms with van der Waals surface area (Å²) in [5.41, 5.74) is 5.14. The molecule has 3 nitrogen and oxygen atoms in total. The number of β-amino-alcohol motifs (C(OH)–C–C–N with tert-alkyl or cyclic N) is 1. The molecule has 1 rings (SSSR count). The third-order valence-corrected chi connectivity index (χ3v) is 3.23. The van der Waals surface area contributed by atoms with Crippen molar-refractivity contribution in [1.29, 1.82) is 0 Å². The van der Waals surface area contributed by atoms with Gasteiger partial charge in [-0.1, -0.05) is 6.92 Å². The number of piperidine rings is 1. The third-order valence-electron chi connectivity index (χ3n) is 3.23. The molecule has 1 fully saturated rings. The van der Waals surface area contributed by atoms with E-state index < -0.39 is 5.60 Å². The first-order valence-electron chi connectivity index (χ1n) is 5.23. The average Bonchev–Trinajstić information content (AvgIpc) is 2.05. The molecule has 2 atom stereocenters. The van der Waals surface area contributed by atoms with Crippen LogP contribution in [0.4, 0.5) is 0 Å². The third kappa shape index (κ3) is 2.42. The molecule has 3 heteroatoms. The SMILES string of the molecule is CCC(CN)C1(O)CCCN(C)C1. The lowest BCUT2D eigenvalue weighted by molar-refractivity contribution is -0.0673. The number of hydrogen-bond acceptors (Lipinski definition) is 3. The van der Waals surface area contributed by atoms with Gasteiger partial charge in [0.25, 0.3) is 0 Å². The van der Waals surface area contributed by atoms with Crippen LogP contribution in [0.15, 0.2) is 0 Å². The van der Waals surface area contributed by atoms with Crippen molar-refractivity contribution in [3.63, 3.8) is 0 Å². The summed E-state index contributed by atoms with van der Waals surface area (Å²) in [5, 5.41) is 10.4. The highest BCUT2D eigenvalue weighted by atomic mass is 16.3. The van der Waals surface area contributed by atoms with Crippen molar-refractivity contribution >= 4 is 0 Å². The topological polar surface area (TPSA) is 49.5 Å². The Bertz CT molecular complexity index is 159. The number of nitrogens with two attached hydrogens (primary N) is 1. The fourth-order valence-electron chi connectivity index (χ4n) is 2.38. The van der Waals surface area contributed by atoms with E-state index in [1.807, 2.05) is 0 Å². The fourth-order valence-corrected chi connectivity index (χ4v) is 2.38. The van der Waals surface area contributed by atoms with Crippen LogP contribution >= 0.6 is 0 Å². The van der Waals surface area contributed by atoms with E-state index >= 15 is 0 Å². The van der Waals surface area contributed by atoms with Gasteiger partial charge in [-0.3, -0.25) is 0 Å². The fraction of sp³-hybridized carbons (Fsp3) is 1.00. The maximum absolute atomic E-state index is 10.4. The second-order valence-corrected chi connectivity index (χ2v) is 4.29. The summed E-state index contributed by atoms with van der Waals surface area (Å²) in [7, 11) is 2.06. The highest BCUT2D eigenvalue weighted by Crippen LogP contribution is 2.29. The van der Waals surface area contributed by atoms with Crippen LogP contribution in [-0.2, 0) is 0 Å². The van der Waals surface area contributed by atoms with E-state index in [9.17, 15) is 5.11 Å². The molecule has 0 aromatic rings. The van der Waals surface area contributed by atoms with Gasteiger partial charge >= 0.3 is 0 Å². The minimum absolute atomic E-state index is 0.259. The number of likely N-dealkylation sites (N-methyl/N-ethyl adjacent to an activating group) is 1. The van der Waals surface area contributed by atoms with Crippen molar-refractivity contribution < 1.29 is 5.11 Å². The predicted octanol–water partition coefficient (Wildman–Crippen LogP) is 0.428. The Morgan fingerprint density at radius 3 is 2.77 bits per heavy atom. The molecule has 13 heavy (non-hydrogen) atoms. The van der Waals surface area contributed by atoms with Crippen LogP contribution in [0.3, 0.4) is 0 Å². The minimum atomic E-state index is -0.531. The minimum Gasteiger partial charge on any atom is -0.388 e. The molecular weight excluding hydrogens is 164 g/mol. The van der Waals surface area contributed by atoms with Crippen molar-refractivity contribution in [2.75, 3.05) is 26.7 Å². The normalized spacial score (nSPS) is 33.2. The number of nitrogens with zero attached hydrogens (tertiary/aromatic N) is 1. The van der Waals surface area contributed by atoms with Crippen molar-refractivity contribution in [1.82, 2.24) is 4.90 Å². The summed E-state index contributed by atoms with van der Waals surface area (Å²) in [6, 6.07) is 0. The Morgan fingerprint density at radius 1 is 1.62 bits per heavy atom. The molecule has 0 aromatic heterocycles. The van der Waals surface area contributed by atoms with Crippen molar-refractivity contribution in [2.24, 2.45) is 11.7 Å². The van der Waals surface area contributed by atoms with E-state index in [1.54, 1.807) is 0 Å². The first-order valence-corrected chi connectivity index (χ1v) is 5.23. The molecule has 0 amide bonds. The van der Waals surface area contributed by atoms with E-state index in [-0.39, 0.29) is 5.92 Å². The Hall–Kier alpha value is -0.120. The predicted molar refractivity (Wildman–Crippen MR) is 54.5 cm³/mol. The second kappa shape index (κ2) is 4.40. The molecular formula is C10H22N2O. The van der Waals surface area contributed by atoms with Crippen LogP contribution < -0.4 is 5.73 Å². The van der Waals surface area contributed by atoms with E-state index in [4.69, 9.17) is 5.73 Å². The van der Waals surface area contributed by atoms with Gasteiger partial charge in [-0.2, -0.15) is 0 Å². The number of hydrogen-bond donors (Lipinski definition) is 2. The molecule has 78 valence electrons. The van der Waals surface area contributed by atoms with Crippen LogP contribution in [0.1, 0.15) is 26.2 Å². The molecule has 2 unspecified atom stereocenters. The molecule has 1 aliphatic heterocycles. The van der Waals surface area contributed by atoms with E-state index in [1.165, 1.54) is 0 Å². The Balaban J connectivity index is 2.61. The Kier molecular flexibility index (Phi) is 3.71. The lowest BCUT2D eigenvalue weighted by Gasteiger charge is -2.42. The molecule has 0 spiro atoms. The number of aliphatic hydroxyl groups is 1. The van der Waals surface area contributed by atoms with E-state index in [0.29, 0.717) is 6.54 Å². The molecule has 0 aliphatic carbocycles. The van der Waals surface area contributed by atoms with Crippen molar-refractivity contribution in [3.8, 4) is 0 Å². The van der Waals surface area contributed by atoms with Gasteiger partial charge in [0, 0.05) is 12.5 Å². The largest absolute Gasteiger partial charge is 0.388 e. The molecule has 0 radical (unpaired) electrons. The van der Waals surface area contributed by atoms with E-state index in [2.05, 4.69) is 18.9 Å². The molecule has 3 N–H and O–H groups in total. The summed E-state index contributed by atoms with van der Waals surface area (Å²) in [6.45, 7) is 4.58. The monoisotopic (exact) mass is 186 g/mol. The number of likely N-dealkylation sites (tertiary alicyclic amines) is 1. The molecule has 0 saturated carbocycles. The first kappa shape index (κ1) is 11.0. The van der Waals surface area contributed by atoms with Gasteiger partial charge in [0.1, 0.15) is 0 Å². The van der Waals surface area contributed by atoms with Gasteiger partial charge in [0.15, 0.2) is 0 Å². The molecule has 0 bridgehead atoms. The zero-order chi connectivity index (χ0) is 9.90. The van der Waals surface area contributed by atoms with Gasteiger partial charge in [0.05, 0.1) is 5.60 Å². The maximum Gasteiger partial charge on any atom is 0.0814 e. The molecule has 1 aliphatic rings. The second-order valence-electron chi connectivity index (χ2n) is 4.29. The first-order chi connectivity index (χ1) is 6.12. The maximum atomic E-state index is 10.4. The highest BCUT2D eigenvalue weighted by molar-refractivity contribution is 4.91. The number of rotatable bonds is 3. The quantitative estimate of drug-likeness (QED) is 0.672.